The molecule has 0 saturated heterocycles. The maximum absolute atomic E-state index is 13.2. The molecule has 0 amide bonds. The minimum atomic E-state index is -4.43. The van der Waals surface area contributed by atoms with Crippen molar-refractivity contribution in [2.75, 3.05) is 0 Å². The minimum absolute atomic E-state index is 0.132. The van der Waals surface area contributed by atoms with Gasteiger partial charge in [0, 0.05) is 10.5 Å². The Kier molecular flexibility index (Phi) is 4.39. The number of benzene rings is 2. The first kappa shape index (κ1) is 15.3. The molecule has 0 bridgehead atoms. The topological polar surface area (TPSA) is 9.23 Å². The Morgan fingerprint density at radius 2 is 1.65 bits per heavy atom. The lowest BCUT2D eigenvalue weighted by Gasteiger charge is -2.11. The lowest BCUT2D eigenvalue weighted by atomic mass is 10.2. The highest BCUT2D eigenvalue weighted by atomic mass is 79.9. The molecule has 7 heteroatoms. The van der Waals surface area contributed by atoms with Gasteiger partial charge in [0.1, 0.15) is 17.3 Å². The maximum Gasteiger partial charge on any atom is 0.416 e. The number of hydrogen-bond donors (Lipinski definition) is 0. The summed E-state index contributed by atoms with van der Waals surface area (Å²) in [6.45, 7) is 0. The van der Waals surface area contributed by atoms with Gasteiger partial charge in [-0.3, -0.25) is 0 Å². The summed E-state index contributed by atoms with van der Waals surface area (Å²) >= 11 is 6.11. The van der Waals surface area contributed by atoms with Gasteiger partial charge in [-0.05, 0) is 46.3 Å². The van der Waals surface area contributed by atoms with E-state index in [4.69, 9.17) is 4.74 Å². The predicted octanol–water partition coefficient (Wildman–Crippen LogP) is 6.16. The Bertz CT molecular complexity index is 621. The minimum Gasteiger partial charge on any atom is -0.456 e. The third kappa shape index (κ3) is 3.73. The molecule has 0 fully saturated rings. The van der Waals surface area contributed by atoms with Crippen LogP contribution < -0.4 is 4.74 Å². The van der Waals surface area contributed by atoms with Crippen LogP contribution in [0.25, 0.3) is 0 Å². The fraction of sp³-hybridized carbons (Fsp3) is 0.0769. The molecule has 0 aliphatic carbocycles. The van der Waals surface area contributed by atoms with Gasteiger partial charge in [-0.25, -0.2) is 4.39 Å². The van der Waals surface area contributed by atoms with Gasteiger partial charge in [-0.2, -0.15) is 13.2 Å². The molecule has 20 heavy (non-hydrogen) atoms. The first-order valence-electron chi connectivity index (χ1n) is 5.26. The SMILES string of the molecule is Fc1cc(Br)cc(Oc2ccc(C(F)(F)F)cc2Br)c1. The molecule has 0 saturated carbocycles. The molecule has 0 radical (unpaired) electrons. The first-order chi connectivity index (χ1) is 9.25. The van der Waals surface area contributed by atoms with Crippen molar-refractivity contribution < 1.29 is 22.3 Å². The number of rotatable bonds is 2. The fourth-order valence-electron chi connectivity index (χ4n) is 1.47. The van der Waals surface area contributed by atoms with Crippen molar-refractivity contribution in [2.24, 2.45) is 0 Å². The average Bonchev–Trinajstić information content (AvgIpc) is 2.29. The molecule has 0 atom stereocenters. The second kappa shape index (κ2) is 5.73. The zero-order chi connectivity index (χ0) is 14.9. The van der Waals surface area contributed by atoms with Crippen molar-refractivity contribution in [1.29, 1.82) is 0 Å². The quantitative estimate of drug-likeness (QED) is 0.535. The summed E-state index contributed by atoms with van der Waals surface area (Å²) < 4.78 is 56.7. The summed E-state index contributed by atoms with van der Waals surface area (Å²) in [5, 5.41) is 0. The van der Waals surface area contributed by atoms with Crippen molar-refractivity contribution >= 4 is 31.9 Å². The van der Waals surface area contributed by atoms with Gasteiger partial charge in [0.25, 0.3) is 0 Å². The highest BCUT2D eigenvalue weighted by molar-refractivity contribution is 9.10. The molecule has 2 rings (SSSR count). The molecule has 0 aliphatic heterocycles. The van der Waals surface area contributed by atoms with Crippen LogP contribution in [0.3, 0.4) is 0 Å². The van der Waals surface area contributed by atoms with E-state index >= 15 is 0 Å². The third-order valence-corrected chi connectivity index (χ3v) is 3.40. The zero-order valence-electron chi connectivity index (χ0n) is 9.64. The van der Waals surface area contributed by atoms with Crippen LogP contribution in [0.15, 0.2) is 45.3 Å². The monoisotopic (exact) mass is 412 g/mol. The molecule has 0 aliphatic rings. The summed E-state index contributed by atoms with van der Waals surface area (Å²) in [6, 6.07) is 6.86. The molecule has 0 N–H and O–H groups in total. The van der Waals surface area contributed by atoms with E-state index in [0.29, 0.717) is 4.47 Å². The number of halogens is 6. The molecule has 2 aromatic rings. The van der Waals surface area contributed by atoms with Gasteiger partial charge in [0.2, 0.25) is 0 Å². The molecule has 1 nitrogen and oxygen atoms in total. The van der Waals surface area contributed by atoms with Crippen molar-refractivity contribution in [3.8, 4) is 11.5 Å². The van der Waals surface area contributed by atoms with E-state index in [1.54, 1.807) is 0 Å². The van der Waals surface area contributed by atoms with Crippen molar-refractivity contribution in [3.63, 3.8) is 0 Å². The van der Waals surface area contributed by atoms with Crippen LogP contribution in [0.4, 0.5) is 17.6 Å². The van der Waals surface area contributed by atoms with E-state index < -0.39 is 17.6 Å². The van der Waals surface area contributed by atoms with E-state index in [-0.39, 0.29) is 16.0 Å². The van der Waals surface area contributed by atoms with E-state index in [9.17, 15) is 17.6 Å². The largest absolute Gasteiger partial charge is 0.456 e. The third-order valence-electron chi connectivity index (χ3n) is 2.32. The van der Waals surface area contributed by atoms with Crippen LogP contribution in [0.1, 0.15) is 5.56 Å². The van der Waals surface area contributed by atoms with E-state index in [2.05, 4.69) is 31.9 Å². The van der Waals surface area contributed by atoms with E-state index in [1.165, 1.54) is 18.2 Å². The molecular weight excluding hydrogens is 408 g/mol. The van der Waals surface area contributed by atoms with Crippen molar-refractivity contribution in [2.45, 2.75) is 6.18 Å². The molecule has 0 aromatic heterocycles. The zero-order valence-corrected chi connectivity index (χ0v) is 12.8. The molecule has 0 unspecified atom stereocenters. The van der Waals surface area contributed by atoms with Crippen molar-refractivity contribution in [1.82, 2.24) is 0 Å². The Morgan fingerprint density at radius 1 is 0.950 bits per heavy atom. The Hall–Kier alpha value is -1.08. The summed E-state index contributed by atoms with van der Waals surface area (Å²) in [5.41, 5.74) is -0.794. The van der Waals surface area contributed by atoms with Gasteiger partial charge in [0.15, 0.2) is 0 Å². The number of hydrogen-bond acceptors (Lipinski definition) is 1. The summed E-state index contributed by atoms with van der Waals surface area (Å²) in [4.78, 5) is 0. The Balaban J connectivity index is 2.30. The van der Waals surface area contributed by atoms with Crippen molar-refractivity contribution in [3.05, 3.63) is 56.7 Å². The normalized spacial score (nSPS) is 11.5. The van der Waals surface area contributed by atoms with E-state index in [1.807, 2.05) is 0 Å². The van der Waals surface area contributed by atoms with Gasteiger partial charge in [-0.1, -0.05) is 15.9 Å². The summed E-state index contributed by atoms with van der Waals surface area (Å²) in [5.74, 6) is -0.176. The van der Waals surface area contributed by atoms with Crippen LogP contribution in [0.2, 0.25) is 0 Å². The molecule has 2 aromatic carbocycles. The maximum atomic E-state index is 13.2. The van der Waals surface area contributed by atoms with Crippen LogP contribution in [0.5, 0.6) is 11.5 Å². The number of alkyl halides is 3. The molecular formula is C13H6Br2F4O. The van der Waals surface area contributed by atoms with Gasteiger partial charge < -0.3 is 4.74 Å². The molecule has 0 spiro atoms. The predicted molar refractivity (Wildman–Crippen MR) is 73.3 cm³/mol. The van der Waals surface area contributed by atoms with Gasteiger partial charge >= 0.3 is 6.18 Å². The molecule has 0 heterocycles. The first-order valence-corrected chi connectivity index (χ1v) is 6.85. The van der Waals surface area contributed by atoms with Crippen LogP contribution in [0, 0.1) is 5.82 Å². The standard InChI is InChI=1S/C13H6Br2F4O/c14-8-4-9(16)6-10(5-8)20-12-2-1-7(3-11(12)15)13(17,18)19/h1-6H. The van der Waals surface area contributed by atoms with Crippen LogP contribution in [-0.2, 0) is 6.18 Å². The Labute approximate surface area is 128 Å². The van der Waals surface area contributed by atoms with Gasteiger partial charge in [0.05, 0.1) is 10.0 Å². The summed E-state index contributed by atoms with van der Waals surface area (Å²) in [7, 11) is 0. The van der Waals surface area contributed by atoms with Crippen LogP contribution in [-0.4, -0.2) is 0 Å². The lowest BCUT2D eigenvalue weighted by Crippen LogP contribution is -2.04. The van der Waals surface area contributed by atoms with Crippen LogP contribution >= 0.6 is 31.9 Å². The molecule has 106 valence electrons. The second-order valence-corrected chi connectivity index (χ2v) is 5.62. The average molecular weight is 414 g/mol. The van der Waals surface area contributed by atoms with E-state index in [0.717, 1.165) is 18.2 Å². The highest BCUT2D eigenvalue weighted by Gasteiger charge is 2.31. The smallest absolute Gasteiger partial charge is 0.416 e. The van der Waals surface area contributed by atoms with Gasteiger partial charge in [-0.15, -0.1) is 0 Å². The fourth-order valence-corrected chi connectivity index (χ4v) is 2.38. The highest BCUT2D eigenvalue weighted by Crippen LogP contribution is 2.37. The second-order valence-electron chi connectivity index (χ2n) is 3.85. The lowest BCUT2D eigenvalue weighted by molar-refractivity contribution is -0.137. The Morgan fingerprint density at radius 3 is 2.20 bits per heavy atom. The summed E-state index contributed by atoms with van der Waals surface area (Å²) in [6.07, 6.45) is -4.43. The number of ether oxygens (including phenoxy) is 1.